The number of benzene rings is 1. The van der Waals surface area contributed by atoms with E-state index in [4.69, 9.17) is 5.26 Å². The molecule has 3 rings (SSSR count). The maximum absolute atomic E-state index is 13.1. The molecular formula is C21H19FN4. The third-order valence-corrected chi connectivity index (χ3v) is 4.38. The van der Waals surface area contributed by atoms with Crippen LogP contribution in [0.5, 0.6) is 0 Å². The number of nitrogens with one attached hydrogen (secondary N) is 1. The molecule has 1 aromatic carbocycles. The lowest BCUT2D eigenvalue weighted by Crippen LogP contribution is -2.46. The van der Waals surface area contributed by atoms with Gasteiger partial charge in [-0.25, -0.2) is 4.39 Å². The van der Waals surface area contributed by atoms with Gasteiger partial charge in [0.15, 0.2) is 0 Å². The number of alkyl halides is 1. The first-order valence-corrected chi connectivity index (χ1v) is 8.39. The minimum Gasteiger partial charge on any atom is -0.301 e. The lowest BCUT2D eigenvalue weighted by Gasteiger charge is -2.36. The highest BCUT2D eigenvalue weighted by Crippen LogP contribution is 2.32. The van der Waals surface area contributed by atoms with Gasteiger partial charge in [0, 0.05) is 31.3 Å². The van der Waals surface area contributed by atoms with Gasteiger partial charge >= 0.3 is 0 Å². The molecule has 3 aromatic rings. The Morgan fingerprint density at radius 2 is 1.58 bits per heavy atom. The maximum Gasteiger partial charge on any atom is 0.102 e. The normalized spacial score (nSPS) is 11.1. The Morgan fingerprint density at radius 1 is 0.962 bits per heavy atom. The average Bonchev–Trinajstić information content (AvgIpc) is 2.73. The number of nitriles is 1. The first-order valence-electron chi connectivity index (χ1n) is 8.39. The van der Waals surface area contributed by atoms with Crippen molar-refractivity contribution in [3.05, 3.63) is 95.6 Å². The summed E-state index contributed by atoms with van der Waals surface area (Å²) in [4.78, 5) is 8.51. The van der Waals surface area contributed by atoms with Crippen LogP contribution in [-0.2, 0) is 12.0 Å². The van der Waals surface area contributed by atoms with E-state index in [1.807, 2.05) is 36.4 Å². The monoisotopic (exact) mass is 346 g/mol. The highest BCUT2D eigenvalue weighted by atomic mass is 19.1. The van der Waals surface area contributed by atoms with Gasteiger partial charge in [-0.1, -0.05) is 24.3 Å². The minimum atomic E-state index is -0.664. The second-order valence-corrected chi connectivity index (χ2v) is 5.99. The van der Waals surface area contributed by atoms with E-state index in [0.717, 1.165) is 16.7 Å². The second-order valence-electron chi connectivity index (χ2n) is 5.99. The van der Waals surface area contributed by atoms with Gasteiger partial charge in [0.25, 0.3) is 0 Å². The maximum atomic E-state index is 13.1. The molecule has 5 heteroatoms. The number of nitrogens with zero attached hydrogens (tertiary/aromatic N) is 3. The highest BCUT2D eigenvalue weighted by Gasteiger charge is 2.34. The van der Waals surface area contributed by atoms with E-state index in [0.29, 0.717) is 12.0 Å². The van der Waals surface area contributed by atoms with E-state index in [1.165, 1.54) is 0 Å². The van der Waals surface area contributed by atoms with Crippen molar-refractivity contribution in [2.24, 2.45) is 0 Å². The molecular weight excluding hydrogens is 327 g/mol. The topological polar surface area (TPSA) is 61.6 Å². The van der Waals surface area contributed by atoms with Crippen LogP contribution in [0.25, 0.3) is 0 Å². The molecule has 26 heavy (non-hydrogen) atoms. The predicted octanol–water partition coefficient (Wildman–Crippen LogP) is 3.39. The third-order valence-electron chi connectivity index (χ3n) is 4.38. The lowest BCUT2D eigenvalue weighted by atomic mass is 9.79. The van der Waals surface area contributed by atoms with Gasteiger partial charge in [-0.2, -0.15) is 5.26 Å². The molecule has 0 saturated heterocycles. The molecule has 0 atom stereocenters. The molecule has 0 fully saturated rings. The molecule has 130 valence electrons. The second kappa shape index (κ2) is 8.32. The molecule has 0 unspecified atom stereocenters. The zero-order valence-corrected chi connectivity index (χ0v) is 14.3. The molecule has 4 nitrogen and oxygen atoms in total. The highest BCUT2D eigenvalue weighted by molar-refractivity contribution is 5.40. The first-order chi connectivity index (χ1) is 12.8. The van der Waals surface area contributed by atoms with Crippen molar-refractivity contribution >= 4 is 0 Å². The van der Waals surface area contributed by atoms with Gasteiger partial charge in [0.2, 0.25) is 0 Å². The summed E-state index contributed by atoms with van der Waals surface area (Å²) < 4.78 is 13.1. The summed E-state index contributed by atoms with van der Waals surface area (Å²) in [7, 11) is 0. The Balaban J connectivity index is 2.10. The first kappa shape index (κ1) is 17.7. The number of hydrogen-bond donors (Lipinski definition) is 1. The van der Waals surface area contributed by atoms with Gasteiger partial charge in [-0.05, 0) is 47.4 Å². The summed E-state index contributed by atoms with van der Waals surface area (Å²) in [5, 5.41) is 12.4. The summed E-state index contributed by atoms with van der Waals surface area (Å²) in [6.45, 7) is -0.268. The van der Waals surface area contributed by atoms with Crippen molar-refractivity contribution in [1.82, 2.24) is 15.3 Å². The van der Waals surface area contributed by atoms with Crippen molar-refractivity contribution in [3.8, 4) is 6.07 Å². The van der Waals surface area contributed by atoms with E-state index >= 15 is 0 Å². The SMILES string of the molecule is N#Cc1ccc(CC(NCCF)(c2cccnc2)c2cccnc2)cc1. The number of hydrogen-bond acceptors (Lipinski definition) is 4. The number of halogens is 1. The van der Waals surface area contributed by atoms with Crippen molar-refractivity contribution in [1.29, 1.82) is 5.26 Å². The zero-order chi connectivity index (χ0) is 18.2. The van der Waals surface area contributed by atoms with Gasteiger partial charge < -0.3 is 5.32 Å². The van der Waals surface area contributed by atoms with Crippen LogP contribution in [0.1, 0.15) is 22.3 Å². The summed E-state index contributed by atoms with van der Waals surface area (Å²) in [5.74, 6) is 0. The fourth-order valence-electron chi connectivity index (χ4n) is 3.13. The number of pyridine rings is 2. The smallest absolute Gasteiger partial charge is 0.102 e. The zero-order valence-electron chi connectivity index (χ0n) is 14.3. The largest absolute Gasteiger partial charge is 0.301 e. The van der Waals surface area contributed by atoms with Crippen LogP contribution < -0.4 is 5.32 Å². The van der Waals surface area contributed by atoms with E-state index < -0.39 is 12.2 Å². The van der Waals surface area contributed by atoms with Gasteiger partial charge in [0.05, 0.1) is 17.2 Å². The summed E-state index contributed by atoms with van der Waals surface area (Å²) in [6, 6.07) is 17.3. The fourth-order valence-corrected chi connectivity index (χ4v) is 3.13. The van der Waals surface area contributed by atoms with Crippen molar-refractivity contribution in [2.45, 2.75) is 12.0 Å². The molecule has 0 saturated carbocycles. The van der Waals surface area contributed by atoms with Gasteiger partial charge in [-0.15, -0.1) is 0 Å². The molecule has 2 heterocycles. The van der Waals surface area contributed by atoms with Crippen LogP contribution in [-0.4, -0.2) is 23.2 Å². The molecule has 2 aromatic heterocycles. The van der Waals surface area contributed by atoms with Crippen LogP contribution in [0.4, 0.5) is 4.39 Å². The number of aromatic nitrogens is 2. The van der Waals surface area contributed by atoms with Gasteiger partial charge in [-0.3, -0.25) is 9.97 Å². The van der Waals surface area contributed by atoms with E-state index in [-0.39, 0.29) is 6.54 Å². The lowest BCUT2D eigenvalue weighted by molar-refractivity contribution is 0.360. The summed E-state index contributed by atoms with van der Waals surface area (Å²) in [6.07, 6.45) is 7.60. The van der Waals surface area contributed by atoms with Crippen LogP contribution in [0, 0.1) is 11.3 Å². The minimum absolute atomic E-state index is 0.208. The molecule has 0 aliphatic carbocycles. The molecule has 0 amide bonds. The van der Waals surface area contributed by atoms with E-state index in [1.54, 1.807) is 36.9 Å². The van der Waals surface area contributed by atoms with E-state index in [9.17, 15) is 4.39 Å². The molecule has 0 aliphatic heterocycles. The van der Waals surface area contributed by atoms with Crippen molar-refractivity contribution in [2.75, 3.05) is 13.2 Å². The third kappa shape index (κ3) is 3.76. The van der Waals surface area contributed by atoms with Gasteiger partial charge in [0.1, 0.15) is 6.67 Å². The Hall–Kier alpha value is -3.10. The predicted molar refractivity (Wildman–Crippen MR) is 98.1 cm³/mol. The molecule has 0 aliphatic rings. The molecule has 1 N–H and O–H groups in total. The van der Waals surface area contributed by atoms with Crippen LogP contribution >= 0.6 is 0 Å². The summed E-state index contributed by atoms with van der Waals surface area (Å²) in [5.41, 5.74) is 2.85. The fraction of sp³-hybridized carbons (Fsp3) is 0.190. The Morgan fingerprint density at radius 3 is 2.04 bits per heavy atom. The Labute approximate surface area is 152 Å². The van der Waals surface area contributed by atoms with E-state index in [2.05, 4.69) is 21.4 Å². The van der Waals surface area contributed by atoms with Crippen molar-refractivity contribution in [3.63, 3.8) is 0 Å². The van der Waals surface area contributed by atoms with Crippen LogP contribution in [0.3, 0.4) is 0 Å². The Bertz CT molecular complexity index is 819. The quantitative estimate of drug-likeness (QED) is 0.712. The van der Waals surface area contributed by atoms with Crippen molar-refractivity contribution < 1.29 is 4.39 Å². The molecule has 0 spiro atoms. The van der Waals surface area contributed by atoms with Crippen LogP contribution in [0.15, 0.2) is 73.3 Å². The van der Waals surface area contributed by atoms with Crippen LogP contribution in [0.2, 0.25) is 0 Å². The standard InChI is InChI=1S/C21H19FN4/c22-9-12-26-21(19-3-1-10-24-15-19,20-4-2-11-25-16-20)13-17-5-7-18(14-23)8-6-17/h1-8,10-11,15-16,26H,9,12-13H2. The summed E-state index contributed by atoms with van der Waals surface area (Å²) >= 11 is 0. The Kier molecular flexibility index (Phi) is 5.67. The average molecular weight is 346 g/mol. The molecule has 0 bridgehead atoms. The molecule has 0 radical (unpaired) electrons. The number of rotatable bonds is 7.